The molecule has 1 N–H and O–H groups in total. The molecule has 1 aromatic carbocycles. The van der Waals surface area contributed by atoms with Gasteiger partial charge in [-0.1, -0.05) is 11.6 Å². The fraction of sp³-hybridized carbons (Fsp3) is 0.731. The smallest absolute Gasteiger partial charge is 0.243 e. The highest BCUT2D eigenvalue weighted by Gasteiger charge is 2.59. The van der Waals surface area contributed by atoms with Crippen molar-refractivity contribution in [1.82, 2.24) is 14.1 Å². The molecule has 10 heteroatoms. The Balaban J connectivity index is 1.34. The monoisotopic (exact) mass is 539 g/mol. The summed E-state index contributed by atoms with van der Waals surface area (Å²) in [5.74, 6) is 0.399. The lowest BCUT2D eigenvalue weighted by Crippen LogP contribution is -2.60. The minimum atomic E-state index is -3.77. The molecule has 2 atom stereocenters. The Hall–Kier alpha value is -1.23. The second kappa shape index (κ2) is 9.82. The van der Waals surface area contributed by atoms with Crippen LogP contribution in [0.2, 0.25) is 5.02 Å². The molecule has 0 unspecified atom stereocenters. The molecule has 1 amide bonds. The van der Waals surface area contributed by atoms with Gasteiger partial charge in [0.15, 0.2) is 0 Å². The molecule has 4 fully saturated rings. The van der Waals surface area contributed by atoms with Crippen molar-refractivity contribution in [2.45, 2.75) is 68.5 Å². The first kappa shape index (κ1) is 26.4. The SMILES string of the molecule is CC(C)(CO)N1CCN(C(=O)CC2([C@@H]3COC[C@H](C4CC4)N3S(=O)(=O)c3ccc(Cl)cc3)CC2)CC1. The van der Waals surface area contributed by atoms with Gasteiger partial charge in [-0.3, -0.25) is 9.69 Å². The quantitative estimate of drug-likeness (QED) is 0.546. The molecule has 2 aliphatic heterocycles. The van der Waals surface area contributed by atoms with E-state index in [0.717, 1.165) is 38.8 Å². The first-order chi connectivity index (χ1) is 17.1. The Morgan fingerprint density at radius 2 is 1.75 bits per heavy atom. The Morgan fingerprint density at radius 3 is 2.31 bits per heavy atom. The van der Waals surface area contributed by atoms with E-state index in [1.807, 2.05) is 18.7 Å². The average Bonchev–Trinajstić information content (AvgIpc) is 3.80. The summed E-state index contributed by atoms with van der Waals surface area (Å²) in [5.41, 5.74) is -0.688. The van der Waals surface area contributed by atoms with Gasteiger partial charge in [-0.25, -0.2) is 8.42 Å². The molecule has 1 aromatic rings. The average molecular weight is 540 g/mol. The first-order valence-electron chi connectivity index (χ1n) is 13.1. The molecule has 0 spiro atoms. The Labute approximate surface area is 219 Å². The molecule has 2 saturated carbocycles. The molecule has 2 aliphatic carbocycles. The van der Waals surface area contributed by atoms with Gasteiger partial charge in [0.05, 0.1) is 36.8 Å². The van der Waals surface area contributed by atoms with Crippen LogP contribution in [0.4, 0.5) is 0 Å². The number of ether oxygens (including phenoxy) is 1. The molecule has 0 radical (unpaired) electrons. The van der Waals surface area contributed by atoms with Crippen LogP contribution in [0, 0.1) is 11.3 Å². The molecular weight excluding hydrogens is 502 g/mol. The maximum absolute atomic E-state index is 14.0. The van der Waals surface area contributed by atoms with Gasteiger partial charge in [0.1, 0.15) is 0 Å². The molecule has 36 heavy (non-hydrogen) atoms. The van der Waals surface area contributed by atoms with E-state index >= 15 is 0 Å². The van der Waals surface area contributed by atoms with Crippen LogP contribution in [0.1, 0.15) is 46.0 Å². The van der Waals surface area contributed by atoms with E-state index in [-0.39, 0.29) is 40.4 Å². The number of halogens is 1. The highest BCUT2D eigenvalue weighted by Crippen LogP contribution is 2.56. The van der Waals surface area contributed by atoms with Crippen molar-refractivity contribution in [3.63, 3.8) is 0 Å². The van der Waals surface area contributed by atoms with E-state index < -0.39 is 10.0 Å². The summed E-state index contributed by atoms with van der Waals surface area (Å²) in [6.07, 6.45) is 4.01. The van der Waals surface area contributed by atoms with Crippen molar-refractivity contribution in [3.05, 3.63) is 29.3 Å². The van der Waals surface area contributed by atoms with Crippen LogP contribution in [0.15, 0.2) is 29.2 Å². The number of nitrogens with zero attached hydrogens (tertiary/aromatic N) is 3. The van der Waals surface area contributed by atoms with Crippen molar-refractivity contribution < 1.29 is 23.1 Å². The summed E-state index contributed by atoms with van der Waals surface area (Å²) in [6, 6.07) is 5.84. The lowest BCUT2D eigenvalue weighted by Gasteiger charge is -2.46. The van der Waals surface area contributed by atoms with Gasteiger partial charge < -0.3 is 14.7 Å². The first-order valence-corrected chi connectivity index (χ1v) is 14.9. The largest absolute Gasteiger partial charge is 0.394 e. The van der Waals surface area contributed by atoms with Gasteiger partial charge in [0.25, 0.3) is 0 Å². The highest BCUT2D eigenvalue weighted by molar-refractivity contribution is 7.89. The third-order valence-corrected chi connectivity index (χ3v) is 10.9. The van der Waals surface area contributed by atoms with Crippen LogP contribution in [0.5, 0.6) is 0 Å². The number of aliphatic hydroxyl groups excluding tert-OH is 1. The summed E-state index contributed by atoms with van der Waals surface area (Å²) in [4.78, 5) is 17.8. The van der Waals surface area contributed by atoms with Gasteiger partial charge in [-0.15, -0.1) is 0 Å². The van der Waals surface area contributed by atoms with Gasteiger partial charge in [-0.05, 0) is 75.1 Å². The van der Waals surface area contributed by atoms with Gasteiger partial charge in [0.2, 0.25) is 15.9 Å². The summed E-state index contributed by atoms with van der Waals surface area (Å²) >= 11 is 6.04. The maximum atomic E-state index is 14.0. The van der Waals surface area contributed by atoms with Gasteiger partial charge in [0, 0.05) is 43.2 Å². The Bertz CT molecular complexity index is 1060. The maximum Gasteiger partial charge on any atom is 0.243 e. The summed E-state index contributed by atoms with van der Waals surface area (Å²) < 4.78 is 35.7. The number of amides is 1. The number of morpholine rings is 1. The number of aliphatic hydroxyl groups is 1. The van der Waals surface area contributed by atoms with Gasteiger partial charge >= 0.3 is 0 Å². The van der Waals surface area contributed by atoms with Gasteiger partial charge in [-0.2, -0.15) is 4.31 Å². The second-order valence-electron chi connectivity index (χ2n) is 11.6. The normalized spacial score (nSPS) is 27.7. The molecular formula is C26H38ClN3O5S. The molecule has 5 rings (SSSR count). The Morgan fingerprint density at radius 1 is 1.11 bits per heavy atom. The minimum absolute atomic E-state index is 0.0752. The number of hydrogen-bond acceptors (Lipinski definition) is 6. The van der Waals surface area contributed by atoms with Crippen LogP contribution in [-0.4, -0.2) is 97.2 Å². The van der Waals surface area contributed by atoms with Crippen LogP contribution in [0.25, 0.3) is 0 Å². The van der Waals surface area contributed by atoms with Crippen molar-refractivity contribution in [3.8, 4) is 0 Å². The molecule has 2 saturated heterocycles. The lowest BCUT2D eigenvalue weighted by molar-refractivity contribution is -0.137. The van der Waals surface area contributed by atoms with Crippen molar-refractivity contribution in [2.75, 3.05) is 46.0 Å². The zero-order valence-corrected chi connectivity index (χ0v) is 22.8. The number of rotatable bonds is 8. The van der Waals surface area contributed by atoms with E-state index in [4.69, 9.17) is 16.3 Å². The summed E-state index contributed by atoms with van der Waals surface area (Å²) in [7, 11) is -3.77. The van der Waals surface area contributed by atoms with E-state index in [9.17, 15) is 18.3 Å². The summed E-state index contributed by atoms with van der Waals surface area (Å²) in [5, 5.41) is 10.2. The molecule has 0 aromatic heterocycles. The van der Waals surface area contributed by atoms with E-state index in [0.29, 0.717) is 43.7 Å². The number of carbonyl (C=O) groups excluding carboxylic acids is 1. The van der Waals surface area contributed by atoms with Crippen LogP contribution in [0.3, 0.4) is 0 Å². The third kappa shape index (κ3) is 5.07. The molecule has 2 heterocycles. The van der Waals surface area contributed by atoms with E-state index in [1.54, 1.807) is 28.6 Å². The zero-order chi connectivity index (χ0) is 25.7. The number of carbonyl (C=O) groups is 1. The van der Waals surface area contributed by atoms with Crippen LogP contribution < -0.4 is 0 Å². The molecule has 8 nitrogen and oxygen atoms in total. The summed E-state index contributed by atoms with van der Waals surface area (Å²) in [6.45, 7) is 7.51. The van der Waals surface area contributed by atoms with Crippen molar-refractivity contribution >= 4 is 27.5 Å². The standard InChI is InChI=1S/C26H38ClN3O5S/c1-25(2,18-31)29-13-11-28(12-14-29)24(32)15-26(9-10-26)23-17-35-16-22(19-3-4-19)30(23)36(33,34)21-7-5-20(27)6-8-21/h5-8,19,22-23,31H,3-4,9-18H2,1-2H3/t22-,23+/m1/s1. The van der Waals surface area contributed by atoms with Crippen molar-refractivity contribution in [1.29, 1.82) is 0 Å². The fourth-order valence-electron chi connectivity index (χ4n) is 5.89. The number of benzene rings is 1. The highest BCUT2D eigenvalue weighted by atomic mass is 35.5. The Kier molecular flexibility index (Phi) is 7.20. The number of hydrogen-bond donors (Lipinski definition) is 1. The second-order valence-corrected chi connectivity index (χ2v) is 13.9. The number of sulfonamides is 1. The van der Waals surface area contributed by atoms with Crippen molar-refractivity contribution in [2.24, 2.45) is 11.3 Å². The lowest BCUT2D eigenvalue weighted by atomic mass is 9.90. The van der Waals surface area contributed by atoms with E-state index in [2.05, 4.69) is 4.90 Å². The fourth-order valence-corrected chi connectivity index (χ4v) is 7.95. The number of piperazine rings is 1. The topological polar surface area (TPSA) is 90.4 Å². The predicted octanol–water partition coefficient (Wildman–Crippen LogP) is 2.59. The van der Waals surface area contributed by atoms with Crippen LogP contribution in [-0.2, 0) is 19.6 Å². The van der Waals surface area contributed by atoms with E-state index in [1.165, 1.54) is 0 Å². The molecule has 4 aliphatic rings. The minimum Gasteiger partial charge on any atom is -0.394 e. The van der Waals surface area contributed by atoms with Crippen LogP contribution >= 0.6 is 11.6 Å². The molecule has 0 bridgehead atoms. The zero-order valence-electron chi connectivity index (χ0n) is 21.2. The third-order valence-electron chi connectivity index (χ3n) is 8.73. The molecule has 200 valence electrons. The predicted molar refractivity (Wildman–Crippen MR) is 137 cm³/mol.